The van der Waals surface area contributed by atoms with Crippen molar-refractivity contribution in [1.82, 2.24) is 10.2 Å². The molecule has 2 aliphatic heterocycles. The maximum atomic E-state index is 11.6. The molecular weight excluding hydrogens is 200 g/mol. The highest BCUT2D eigenvalue weighted by atomic mass is 32.2. The fraction of sp³-hybridized carbons (Fsp3) is 0.667. The van der Waals surface area contributed by atoms with E-state index in [-0.39, 0.29) is 17.3 Å². The highest BCUT2D eigenvalue weighted by Crippen LogP contribution is 2.38. The van der Waals surface area contributed by atoms with Crippen molar-refractivity contribution in [2.45, 2.75) is 24.4 Å². The minimum atomic E-state index is -0.555. The van der Waals surface area contributed by atoms with E-state index >= 15 is 0 Å². The van der Waals surface area contributed by atoms with Gasteiger partial charge in [0.25, 0.3) is 0 Å². The maximum Gasteiger partial charge on any atom is 0.248 e. The lowest BCUT2D eigenvalue weighted by atomic mass is 10.0. The van der Waals surface area contributed by atoms with Crippen LogP contribution in [0.25, 0.3) is 0 Å². The van der Waals surface area contributed by atoms with Crippen LogP contribution in [0.4, 0.5) is 0 Å². The largest absolute Gasteiger partial charge is 0.387 e. The van der Waals surface area contributed by atoms with Gasteiger partial charge >= 0.3 is 0 Å². The summed E-state index contributed by atoms with van der Waals surface area (Å²) in [6.45, 7) is 1.69. The fourth-order valence-electron chi connectivity index (χ4n) is 1.88. The van der Waals surface area contributed by atoms with Crippen LogP contribution in [-0.4, -0.2) is 46.2 Å². The first-order chi connectivity index (χ1) is 6.66. The van der Waals surface area contributed by atoms with Crippen LogP contribution >= 0.6 is 11.8 Å². The summed E-state index contributed by atoms with van der Waals surface area (Å²) in [5.41, 5.74) is 0.755. The van der Waals surface area contributed by atoms with Crippen molar-refractivity contribution in [1.29, 1.82) is 0 Å². The van der Waals surface area contributed by atoms with Gasteiger partial charge in [0.1, 0.15) is 11.4 Å². The number of amides is 1. The molecule has 2 heterocycles. The molecule has 4 nitrogen and oxygen atoms in total. The summed E-state index contributed by atoms with van der Waals surface area (Å²) in [4.78, 5) is 13.3. The average Bonchev–Trinajstić information content (AvgIpc) is 2.16. The molecular formula is C9H14N2O2S. The summed E-state index contributed by atoms with van der Waals surface area (Å²) in [5.74, 6) is 0.934. The zero-order valence-corrected chi connectivity index (χ0v) is 9.04. The van der Waals surface area contributed by atoms with Gasteiger partial charge in [0.05, 0.1) is 6.10 Å². The van der Waals surface area contributed by atoms with Crippen molar-refractivity contribution in [3.8, 4) is 0 Å². The molecule has 1 saturated heterocycles. The van der Waals surface area contributed by atoms with Gasteiger partial charge in [-0.25, -0.2) is 0 Å². The molecule has 0 aromatic rings. The molecule has 14 heavy (non-hydrogen) atoms. The number of thioether (sulfide) groups is 1. The molecule has 2 rings (SSSR count). The highest BCUT2D eigenvalue weighted by Gasteiger charge is 2.50. The van der Waals surface area contributed by atoms with Crippen LogP contribution in [0, 0.1) is 0 Å². The molecule has 0 aromatic carbocycles. The van der Waals surface area contributed by atoms with E-state index in [2.05, 4.69) is 5.32 Å². The van der Waals surface area contributed by atoms with E-state index in [0.717, 1.165) is 11.4 Å². The van der Waals surface area contributed by atoms with Gasteiger partial charge in [-0.1, -0.05) is 6.08 Å². The predicted molar refractivity (Wildman–Crippen MR) is 55.7 cm³/mol. The fourth-order valence-corrected chi connectivity index (χ4v) is 3.16. The lowest BCUT2D eigenvalue weighted by molar-refractivity contribution is -0.143. The number of carbonyl (C=O) groups excluding carboxylic acids is 1. The van der Waals surface area contributed by atoms with Crippen molar-refractivity contribution in [2.75, 3.05) is 12.8 Å². The van der Waals surface area contributed by atoms with Gasteiger partial charge in [-0.05, 0) is 14.0 Å². The van der Waals surface area contributed by atoms with Crippen LogP contribution in [-0.2, 0) is 4.79 Å². The van der Waals surface area contributed by atoms with Gasteiger partial charge in [0.15, 0.2) is 0 Å². The number of likely N-dealkylation sites (N-methyl/N-ethyl adjacent to an activating group) is 1. The molecule has 1 amide bonds. The average molecular weight is 214 g/mol. The second-order valence-corrected chi connectivity index (χ2v) is 4.65. The van der Waals surface area contributed by atoms with E-state index in [1.165, 1.54) is 0 Å². The van der Waals surface area contributed by atoms with Crippen molar-refractivity contribution >= 4 is 17.7 Å². The second kappa shape index (κ2) is 3.56. The van der Waals surface area contributed by atoms with Crippen molar-refractivity contribution in [3.63, 3.8) is 0 Å². The van der Waals surface area contributed by atoms with Crippen molar-refractivity contribution in [2.24, 2.45) is 0 Å². The Morgan fingerprint density at radius 3 is 3.07 bits per heavy atom. The summed E-state index contributed by atoms with van der Waals surface area (Å²) < 4.78 is 0. The molecule has 0 aliphatic carbocycles. The number of aliphatic hydroxyl groups excluding tert-OH is 1. The van der Waals surface area contributed by atoms with Gasteiger partial charge in [-0.15, -0.1) is 11.8 Å². The smallest absolute Gasteiger partial charge is 0.248 e. The molecule has 0 aromatic heterocycles. The molecule has 3 atom stereocenters. The zero-order valence-electron chi connectivity index (χ0n) is 8.23. The third-order valence-corrected chi connectivity index (χ3v) is 3.80. The molecule has 0 radical (unpaired) electrons. The first kappa shape index (κ1) is 10.0. The number of rotatable bonds is 2. The van der Waals surface area contributed by atoms with E-state index in [1.807, 2.05) is 6.08 Å². The maximum absolute atomic E-state index is 11.6. The monoisotopic (exact) mass is 214 g/mol. The number of fused-ring (bicyclic) bond motifs is 1. The van der Waals surface area contributed by atoms with E-state index in [1.54, 1.807) is 30.6 Å². The Morgan fingerprint density at radius 2 is 2.50 bits per heavy atom. The highest BCUT2D eigenvalue weighted by molar-refractivity contribution is 8.00. The quantitative estimate of drug-likeness (QED) is 0.623. The zero-order chi connectivity index (χ0) is 10.3. The van der Waals surface area contributed by atoms with Crippen LogP contribution in [0.2, 0.25) is 0 Å². The third-order valence-electron chi connectivity index (χ3n) is 2.62. The van der Waals surface area contributed by atoms with Crippen LogP contribution in [0.1, 0.15) is 6.92 Å². The Morgan fingerprint density at radius 1 is 1.79 bits per heavy atom. The molecule has 0 spiro atoms. The lowest BCUT2D eigenvalue weighted by Gasteiger charge is -2.49. The minimum absolute atomic E-state index is 0.0665. The molecule has 78 valence electrons. The van der Waals surface area contributed by atoms with E-state index in [9.17, 15) is 9.90 Å². The molecule has 3 unspecified atom stereocenters. The third kappa shape index (κ3) is 1.27. The Labute approximate surface area is 87.3 Å². The van der Waals surface area contributed by atoms with Gasteiger partial charge < -0.3 is 10.4 Å². The summed E-state index contributed by atoms with van der Waals surface area (Å²) in [5, 5.41) is 12.6. The standard InChI is InChI=1S/C9H14N2O2S/c1-5(12)6-3-4-14-9-7(10-2)8(13)11(6)9/h3,5,7,9-10,12H,4H2,1-2H3. The van der Waals surface area contributed by atoms with E-state index in [0.29, 0.717) is 0 Å². The number of β-lactam (4-membered cyclic amide) rings is 1. The Bertz CT molecular complexity index is 291. The normalized spacial score (nSPS) is 33.2. The predicted octanol–water partition coefficient (Wildman–Crippen LogP) is -0.246. The Balaban J connectivity index is 2.19. The second-order valence-electron chi connectivity index (χ2n) is 3.50. The number of nitrogens with zero attached hydrogens (tertiary/aromatic N) is 1. The summed E-state index contributed by atoms with van der Waals surface area (Å²) in [6.07, 6.45) is 1.37. The number of carbonyl (C=O) groups is 1. The summed E-state index contributed by atoms with van der Waals surface area (Å²) in [6, 6.07) is -0.0811. The van der Waals surface area contributed by atoms with Gasteiger partial charge in [-0.3, -0.25) is 9.69 Å². The van der Waals surface area contributed by atoms with Crippen LogP contribution in [0.5, 0.6) is 0 Å². The number of aliphatic hydroxyl groups is 1. The summed E-state index contributed by atoms with van der Waals surface area (Å²) >= 11 is 1.73. The van der Waals surface area contributed by atoms with E-state index in [4.69, 9.17) is 0 Å². The molecule has 5 heteroatoms. The van der Waals surface area contributed by atoms with E-state index < -0.39 is 6.10 Å². The Kier molecular flexibility index (Phi) is 2.55. The first-order valence-electron chi connectivity index (χ1n) is 4.67. The first-order valence-corrected chi connectivity index (χ1v) is 5.71. The van der Waals surface area contributed by atoms with Gasteiger partial charge in [0, 0.05) is 11.4 Å². The number of hydrogen-bond acceptors (Lipinski definition) is 4. The topological polar surface area (TPSA) is 52.6 Å². The van der Waals surface area contributed by atoms with Gasteiger partial charge in [0.2, 0.25) is 5.91 Å². The number of nitrogens with one attached hydrogen (secondary N) is 1. The SMILES string of the molecule is CNC1C(=O)N2C(C(C)O)=CCSC12. The Hall–Kier alpha value is -0.520. The number of hydrogen-bond donors (Lipinski definition) is 2. The molecule has 2 aliphatic rings. The van der Waals surface area contributed by atoms with Crippen molar-refractivity contribution in [3.05, 3.63) is 11.8 Å². The van der Waals surface area contributed by atoms with Crippen LogP contribution in [0.3, 0.4) is 0 Å². The van der Waals surface area contributed by atoms with Crippen LogP contribution < -0.4 is 5.32 Å². The van der Waals surface area contributed by atoms with Crippen LogP contribution in [0.15, 0.2) is 11.8 Å². The minimum Gasteiger partial charge on any atom is -0.387 e. The summed E-state index contributed by atoms with van der Waals surface area (Å²) in [7, 11) is 1.79. The van der Waals surface area contributed by atoms with Crippen molar-refractivity contribution < 1.29 is 9.90 Å². The molecule has 0 saturated carbocycles. The molecule has 0 bridgehead atoms. The molecule has 1 fully saturated rings. The van der Waals surface area contributed by atoms with Gasteiger partial charge in [-0.2, -0.15) is 0 Å². The molecule has 2 N–H and O–H groups in total. The lowest BCUT2D eigenvalue weighted by Crippen LogP contribution is -2.68.